The number of carbonyl (C=O) groups is 2. The summed E-state index contributed by atoms with van der Waals surface area (Å²) in [6.45, 7) is 1.53. The minimum atomic E-state index is -0.412. The number of rotatable bonds is 4. The number of halogens is 1. The number of hydrogen-bond acceptors (Lipinski definition) is 4. The van der Waals surface area contributed by atoms with Crippen LogP contribution in [-0.4, -0.2) is 16.7 Å². The predicted octanol–water partition coefficient (Wildman–Crippen LogP) is 4.71. The summed E-state index contributed by atoms with van der Waals surface area (Å²) in [6, 6.07) is 18.1. The van der Waals surface area contributed by atoms with E-state index in [1.807, 2.05) is 30.3 Å². The van der Waals surface area contributed by atoms with Crippen LogP contribution in [0.1, 0.15) is 39.4 Å². The number of Topliss-reactive ketones (excluding diaryl/α,β-unsaturated/α-hetero) is 1. The van der Waals surface area contributed by atoms with Gasteiger partial charge in [-0.3, -0.25) is 14.5 Å². The summed E-state index contributed by atoms with van der Waals surface area (Å²) in [5, 5.41) is 3.88. The van der Waals surface area contributed by atoms with Gasteiger partial charge in [0, 0.05) is 28.6 Å². The zero-order valence-electron chi connectivity index (χ0n) is 14.5. The fraction of sp³-hybridized carbons (Fsp3) is 0.0952. The minimum Gasteiger partial charge on any atom is -0.361 e. The van der Waals surface area contributed by atoms with E-state index in [9.17, 15) is 9.59 Å². The summed E-state index contributed by atoms with van der Waals surface area (Å²) in [6.07, 6.45) is 1.11. The second-order valence-electron chi connectivity index (χ2n) is 6.28. The van der Waals surface area contributed by atoms with Crippen molar-refractivity contribution in [2.75, 3.05) is 10.2 Å². The molecule has 1 aromatic heterocycles. The van der Waals surface area contributed by atoms with E-state index in [1.54, 1.807) is 35.2 Å². The number of aromatic nitrogens is 1. The molecule has 0 spiro atoms. The van der Waals surface area contributed by atoms with Gasteiger partial charge in [0.15, 0.2) is 5.78 Å². The van der Waals surface area contributed by atoms with Gasteiger partial charge in [0.2, 0.25) is 0 Å². The Bertz CT molecular complexity index is 1020. The number of fused-ring (bicyclic) bond motifs is 1. The highest BCUT2D eigenvalue weighted by Crippen LogP contribution is 2.37. The molecule has 0 unspecified atom stereocenters. The Hall–Kier alpha value is -3.18. The first kappa shape index (κ1) is 17.2. The molecule has 0 radical (unpaired) electrons. The normalized spacial score (nSPS) is 15.6. The van der Waals surface area contributed by atoms with E-state index in [4.69, 9.17) is 11.6 Å². The molecule has 27 heavy (non-hydrogen) atoms. The topological polar surface area (TPSA) is 62.3 Å². The number of amides is 1. The van der Waals surface area contributed by atoms with Crippen molar-refractivity contribution in [3.63, 3.8) is 0 Å². The van der Waals surface area contributed by atoms with Gasteiger partial charge in [0.25, 0.3) is 5.91 Å². The van der Waals surface area contributed by atoms with Crippen LogP contribution in [0.2, 0.25) is 5.02 Å². The Morgan fingerprint density at radius 2 is 1.81 bits per heavy atom. The van der Waals surface area contributed by atoms with Crippen LogP contribution in [0, 0.1) is 0 Å². The number of benzene rings is 2. The Morgan fingerprint density at radius 1 is 1.07 bits per heavy atom. The summed E-state index contributed by atoms with van der Waals surface area (Å²) in [5.41, 5.74) is 2.94. The van der Waals surface area contributed by atoms with Gasteiger partial charge in [-0.15, -0.1) is 0 Å². The lowest BCUT2D eigenvalue weighted by molar-refractivity contribution is 0.0989. The van der Waals surface area contributed by atoms with Crippen LogP contribution < -0.4 is 10.2 Å². The van der Waals surface area contributed by atoms with Gasteiger partial charge in [0.1, 0.15) is 12.0 Å². The van der Waals surface area contributed by atoms with E-state index in [2.05, 4.69) is 10.3 Å². The molecule has 4 rings (SSSR count). The highest BCUT2D eigenvalue weighted by atomic mass is 35.5. The third kappa shape index (κ3) is 3.17. The Labute approximate surface area is 161 Å². The molecule has 0 saturated carbocycles. The van der Waals surface area contributed by atoms with Crippen LogP contribution in [0.25, 0.3) is 0 Å². The minimum absolute atomic E-state index is 0.00919. The Balaban J connectivity index is 1.73. The maximum atomic E-state index is 13.0. The standard InChI is InChI=1S/C21H16ClN3O2/c1-13(26)14-6-9-16(10-7-14)24-20-17-4-2-3-5-18(17)21(27)25(20)19-11-8-15(22)12-23-19/h2-12,20,24H,1H3/t20-/m1/s1. The molecule has 0 saturated heterocycles. The number of carbonyl (C=O) groups excluding carboxylic acids is 2. The number of nitrogens with one attached hydrogen (secondary N) is 1. The Morgan fingerprint density at radius 3 is 2.48 bits per heavy atom. The van der Waals surface area contributed by atoms with Crippen LogP contribution in [0.3, 0.4) is 0 Å². The molecule has 2 aromatic carbocycles. The lowest BCUT2D eigenvalue weighted by atomic mass is 10.1. The van der Waals surface area contributed by atoms with Crippen LogP contribution in [0.15, 0.2) is 66.9 Å². The van der Waals surface area contributed by atoms with Gasteiger partial charge in [-0.2, -0.15) is 0 Å². The van der Waals surface area contributed by atoms with E-state index in [0.29, 0.717) is 22.0 Å². The van der Waals surface area contributed by atoms with E-state index >= 15 is 0 Å². The largest absolute Gasteiger partial charge is 0.361 e. The maximum absolute atomic E-state index is 13.0. The van der Waals surface area contributed by atoms with Crippen LogP contribution in [-0.2, 0) is 0 Å². The lowest BCUT2D eigenvalue weighted by Crippen LogP contribution is -2.32. The Kier molecular flexibility index (Phi) is 4.38. The van der Waals surface area contributed by atoms with Gasteiger partial charge < -0.3 is 5.32 Å². The van der Waals surface area contributed by atoms with Crippen molar-refractivity contribution in [2.24, 2.45) is 0 Å². The third-order valence-corrected chi connectivity index (χ3v) is 4.74. The van der Waals surface area contributed by atoms with Crippen molar-refractivity contribution in [1.29, 1.82) is 0 Å². The summed E-state index contributed by atoms with van der Waals surface area (Å²) >= 11 is 5.94. The van der Waals surface area contributed by atoms with E-state index in [0.717, 1.165) is 11.3 Å². The van der Waals surface area contributed by atoms with Crippen LogP contribution in [0.4, 0.5) is 11.5 Å². The van der Waals surface area contributed by atoms with Crippen molar-refractivity contribution < 1.29 is 9.59 Å². The van der Waals surface area contributed by atoms with Crippen LogP contribution in [0.5, 0.6) is 0 Å². The third-order valence-electron chi connectivity index (χ3n) is 4.52. The predicted molar refractivity (Wildman–Crippen MR) is 105 cm³/mol. The monoisotopic (exact) mass is 377 g/mol. The van der Waals surface area contributed by atoms with Gasteiger partial charge in [-0.1, -0.05) is 29.8 Å². The highest BCUT2D eigenvalue weighted by molar-refractivity contribution is 6.30. The molecule has 1 N–H and O–H groups in total. The first-order valence-corrected chi connectivity index (χ1v) is 8.84. The van der Waals surface area contributed by atoms with E-state index in [-0.39, 0.29) is 11.7 Å². The molecule has 0 bridgehead atoms. The molecule has 1 aliphatic rings. The van der Waals surface area contributed by atoms with E-state index < -0.39 is 6.17 Å². The summed E-state index contributed by atoms with van der Waals surface area (Å²) in [5.74, 6) is 0.395. The van der Waals surface area contributed by atoms with Crippen molar-refractivity contribution in [2.45, 2.75) is 13.1 Å². The lowest BCUT2D eigenvalue weighted by Gasteiger charge is -2.26. The molecule has 1 amide bonds. The van der Waals surface area contributed by atoms with Crippen molar-refractivity contribution >= 4 is 34.8 Å². The van der Waals surface area contributed by atoms with Crippen LogP contribution >= 0.6 is 11.6 Å². The first-order chi connectivity index (χ1) is 13.0. The molecule has 0 aliphatic carbocycles. The van der Waals surface area contributed by atoms with Gasteiger partial charge in [0.05, 0.1) is 5.02 Å². The average molecular weight is 378 g/mol. The fourth-order valence-electron chi connectivity index (χ4n) is 3.16. The van der Waals surface area contributed by atoms with Crippen molar-refractivity contribution in [1.82, 2.24) is 4.98 Å². The molecular formula is C21H16ClN3O2. The molecule has 6 heteroatoms. The number of nitrogens with zero attached hydrogens (tertiary/aromatic N) is 2. The molecule has 134 valence electrons. The molecule has 2 heterocycles. The molecule has 5 nitrogen and oxygen atoms in total. The number of pyridine rings is 1. The fourth-order valence-corrected chi connectivity index (χ4v) is 3.28. The zero-order chi connectivity index (χ0) is 19.0. The summed E-state index contributed by atoms with van der Waals surface area (Å²) < 4.78 is 0. The van der Waals surface area contributed by atoms with Gasteiger partial charge in [-0.05, 0) is 49.4 Å². The number of ketones is 1. The molecule has 1 aliphatic heterocycles. The summed E-state index contributed by atoms with van der Waals surface area (Å²) in [7, 11) is 0. The van der Waals surface area contributed by atoms with Gasteiger partial charge in [-0.25, -0.2) is 4.98 Å². The van der Waals surface area contributed by atoms with Gasteiger partial charge >= 0.3 is 0 Å². The highest BCUT2D eigenvalue weighted by Gasteiger charge is 2.38. The molecule has 3 aromatic rings. The second kappa shape index (κ2) is 6.85. The quantitative estimate of drug-likeness (QED) is 0.669. The first-order valence-electron chi connectivity index (χ1n) is 8.46. The molecule has 0 fully saturated rings. The second-order valence-corrected chi connectivity index (χ2v) is 6.71. The van der Waals surface area contributed by atoms with E-state index in [1.165, 1.54) is 13.1 Å². The molecular weight excluding hydrogens is 362 g/mol. The number of anilines is 2. The van der Waals surface area contributed by atoms with Crippen molar-refractivity contribution in [3.05, 3.63) is 88.6 Å². The van der Waals surface area contributed by atoms with Crippen molar-refractivity contribution in [3.8, 4) is 0 Å². The number of hydrogen-bond donors (Lipinski definition) is 1. The smallest absolute Gasteiger partial charge is 0.261 e. The molecule has 1 atom stereocenters. The maximum Gasteiger partial charge on any atom is 0.261 e. The SMILES string of the molecule is CC(=O)c1ccc(N[C@H]2c3ccccc3C(=O)N2c2ccc(Cl)cn2)cc1. The average Bonchev–Trinajstić information content (AvgIpc) is 2.95. The zero-order valence-corrected chi connectivity index (χ0v) is 15.3. The summed E-state index contributed by atoms with van der Waals surface area (Å²) in [4.78, 5) is 30.4.